The summed E-state index contributed by atoms with van der Waals surface area (Å²) in [5.74, 6) is 1.59. The standard InChI is InChI=1S/C15H18N4O3S/c1-10-13(7-8-23-10)17-19-9-14(22-18-19)16-15(20)11-3-5-12(21-2)6-4-11/h3-6,9-10,13H,7-8H2,1-2H3,(H-,16,17,18,20). The molecular weight excluding hydrogens is 316 g/mol. The van der Waals surface area contributed by atoms with Gasteiger partial charge in [-0.1, -0.05) is 6.92 Å². The van der Waals surface area contributed by atoms with Crippen LogP contribution in [-0.4, -0.2) is 35.3 Å². The van der Waals surface area contributed by atoms with Gasteiger partial charge in [-0.25, -0.2) is 0 Å². The predicted molar refractivity (Wildman–Crippen MR) is 86.7 cm³/mol. The van der Waals surface area contributed by atoms with Crippen LogP contribution in [0, 0.1) is 0 Å². The first-order valence-corrected chi connectivity index (χ1v) is 8.37. The number of benzene rings is 1. The van der Waals surface area contributed by atoms with E-state index in [2.05, 4.69) is 22.9 Å². The summed E-state index contributed by atoms with van der Waals surface area (Å²) < 4.78 is 10.1. The molecule has 7 nitrogen and oxygen atoms in total. The number of aromatic nitrogens is 2. The van der Waals surface area contributed by atoms with Crippen LogP contribution in [0.3, 0.4) is 0 Å². The van der Waals surface area contributed by atoms with Crippen molar-refractivity contribution >= 4 is 23.6 Å². The molecule has 1 fully saturated rings. The van der Waals surface area contributed by atoms with Gasteiger partial charge in [0.1, 0.15) is 11.6 Å². The second-order valence-electron chi connectivity index (χ2n) is 5.23. The number of rotatable bonds is 5. The summed E-state index contributed by atoms with van der Waals surface area (Å²) in [6, 6.07) is 7.07. The molecule has 2 atom stereocenters. The van der Waals surface area contributed by atoms with Gasteiger partial charge in [-0.3, -0.25) is 0 Å². The normalized spacial score (nSPS) is 20.3. The van der Waals surface area contributed by atoms with E-state index in [1.54, 1.807) is 37.6 Å². The molecule has 1 N–H and O–H groups in total. The molecule has 0 saturated carbocycles. The van der Waals surface area contributed by atoms with E-state index in [1.165, 1.54) is 4.79 Å². The van der Waals surface area contributed by atoms with Crippen molar-refractivity contribution in [3.8, 4) is 5.75 Å². The Morgan fingerprint density at radius 3 is 2.91 bits per heavy atom. The van der Waals surface area contributed by atoms with Crippen LogP contribution < -0.4 is 15.0 Å². The molecule has 1 amide bonds. The number of thioether (sulfide) groups is 1. The maximum atomic E-state index is 12.1. The van der Waals surface area contributed by atoms with Gasteiger partial charge in [-0.05, 0) is 42.0 Å². The summed E-state index contributed by atoms with van der Waals surface area (Å²) in [5.41, 5.74) is 3.70. The summed E-state index contributed by atoms with van der Waals surface area (Å²) in [5, 5.41) is 8.28. The van der Waals surface area contributed by atoms with Gasteiger partial charge in [-0.2, -0.15) is 17.2 Å². The zero-order chi connectivity index (χ0) is 16.2. The average Bonchev–Trinajstić information content (AvgIpc) is 3.17. The number of carbonyl (C=O) groups is 1. The van der Waals surface area contributed by atoms with Crippen molar-refractivity contribution in [3.63, 3.8) is 0 Å². The lowest BCUT2D eigenvalue weighted by Crippen LogP contribution is -2.52. The van der Waals surface area contributed by atoms with Crippen molar-refractivity contribution in [1.82, 2.24) is 5.27 Å². The van der Waals surface area contributed by atoms with E-state index in [9.17, 15) is 4.79 Å². The molecule has 0 spiro atoms. The lowest BCUT2D eigenvalue weighted by atomic mass is 10.2. The van der Waals surface area contributed by atoms with E-state index in [1.807, 2.05) is 11.8 Å². The van der Waals surface area contributed by atoms with Gasteiger partial charge < -0.3 is 19.4 Å². The van der Waals surface area contributed by atoms with E-state index < -0.39 is 0 Å². The third-order valence-electron chi connectivity index (χ3n) is 3.68. The van der Waals surface area contributed by atoms with Crippen molar-refractivity contribution in [1.29, 1.82) is 0 Å². The number of nitrogens with one attached hydrogen (secondary N) is 1. The molecule has 0 radical (unpaired) electrons. The number of methoxy groups -OCH3 is 1. The molecule has 0 bridgehead atoms. The van der Waals surface area contributed by atoms with Gasteiger partial charge in [0.15, 0.2) is 0 Å². The third-order valence-corrected chi connectivity index (χ3v) is 5.00. The van der Waals surface area contributed by atoms with Gasteiger partial charge in [0, 0.05) is 5.25 Å². The molecule has 2 unspecified atom stereocenters. The lowest BCUT2D eigenvalue weighted by Gasteiger charge is -2.13. The van der Waals surface area contributed by atoms with E-state index in [0.29, 0.717) is 22.6 Å². The molecule has 3 rings (SSSR count). The van der Waals surface area contributed by atoms with Crippen molar-refractivity contribution in [2.75, 3.05) is 18.3 Å². The molecule has 1 aliphatic rings. The third kappa shape index (κ3) is 3.76. The topological polar surface area (TPSA) is 82.3 Å². The van der Waals surface area contributed by atoms with Gasteiger partial charge in [0.2, 0.25) is 5.27 Å². The van der Waals surface area contributed by atoms with E-state index >= 15 is 0 Å². The fourth-order valence-corrected chi connectivity index (χ4v) is 3.51. The second-order valence-corrected chi connectivity index (χ2v) is 6.72. The number of ether oxygens (including phenoxy) is 1. The van der Waals surface area contributed by atoms with Crippen LogP contribution in [0.4, 0.5) is 5.88 Å². The summed E-state index contributed by atoms with van der Waals surface area (Å²) in [6.45, 7) is 2.18. The minimum Gasteiger partial charge on any atom is -0.584 e. The summed E-state index contributed by atoms with van der Waals surface area (Å²) >= 11 is 1.92. The zero-order valence-electron chi connectivity index (χ0n) is 12.9. The quantitative estimate of drug-likeness (QED) is 0.845. The highest BCUT2D eigenvalue weighted by atomic mass is 32.2. The predicted octanol–water partition coefficient (Wildman–Crippen LogP) is 2.25. The minimum atomic E-state index is -0.388. The Hall–Kier alpha value is -2.22. The maximum absolute atomic E-state index is 12.1. The molecular formula is C15H18N4O3S. The molecule has 122 valence electrons. The molecule has 0 aliphatic carbocycles. The summed E-state index contributed by atoms with van der Waals surface area (Å²) in [6.07, 6.45) is 2.64. The van der Waals surface area contributed by atoms with Crippen LogP contribution in [0.2, 0.25) is 0 Å². The zero-order valence-corrected chi connectivity index (χ0v) is 13.7. The molecule has 2 heterocycles. The van der Waals surface area contributed by atoms with Crippen LogP contribution in [0.25, 0.3) is 5.32 Å². The van der Waals surface area contributed by atoms with E-state index in [-0.39, 0.29) is 11.8 Å². The number of nitrogens with zero attached hydrogens (tertiary/aromatic N) is 3. The minimum absolute atomic E-state index is 0.164. The second kappa shape index (κ2) is 6.91. The van der Waals surface area contributed by atoms with Crippen molar-refractivity contribution in [2.24, 2.45) is 0 Å². The number of hydrogen-bond donors (Lipinski definition) is 1. The molecule has 8 heteroatoms. The molecule has 1 saturated heterocycles. The van der Waals surface area contributed by atoms with Crippen LogP contribution in [0.15, 0.2) is 35.0 Å². The SMILES string of the molecule is COc1ccc(C(=O)[N-]c2c[n+](NC3CCSC3C)no2)cc1. The summed E-state index contributed by atoms with van der Waals surface area (Å²) in [7, 11) is 1.57. The highest BCUT2D eigenvalue weighted by Crippen LogP contribution is 2.26. The first kappa shape index (κ1) is 15.7. The highest BCUT2D eigenvalue weighted by Gasteiger charge is 2.27. The van der Waals surface area contributed by atoms with Crippen LogP contribution >= 0.6 is 11.8 Å². The number of amides is 1. The molecule has 23 heavy (non-hydrogen) atoms. The van der Waals surface area contributed by atoms with Crippen LogP contribution in [0.1, 0.15) is 23.7 Å². The Balaban J connectivity index is 1.60. The summed E-state index contributed by atoms with van der Waals surface area (Å²) in [4.78, 5) is 13.6. The van der Waals surface area contributed by atoms with Crippen molar-refractivity contribution in [2.45, 2.75) is 24.6 Å². The smallest absolute Gasteiger partial charge is 0.257 e. The van der Waals surface area contributed by atoms with Gasteiger partial charge in [0.05, 0.1) is 23.8 Å². The van der Waals surface area contributed by atoms with Crippen molar-refractivity contribution < 1.29 is 18.8 Å². The van der Waals surface area contributed by atoms with Gasteiger partial charge in [0.25, 0.3) is 6.20 Å². The average molecular weight is 334 g/mol. The Kier molecular flexibility index (Phi) is 4.71. The Morgan fingerprint density at radius 2 is 2.26 bits per heavy atom. The van der Waals surface area contributed by atoms with Crippen molar-refractivity contribution in [3.05, 3.63) is 41.3 Å². The number of hydrogen-bond acceptors (Lipinski definition) is 6. The molecule has 1 aromatic carbocycles. The fourth-order valence-electron chi connectivity index (χ4n) is 2.32. The Bertz CT molecular complexity index is 674. The van der Waals surface area contributed by atoms with Gasteiger partial charge >= 0.3 is 0 Å². The molecule has 2 aromatic rings. The largest absolute Gasteiger partial charge is 0.584 e. The fraction of sp³-hybridized carbons (Fsp3) is 0.400. The van der Waals surface area contributed by atoms with Crippen LogP contribution in [0.5, 0.6) is 5.75 Å². The first-order chi connectivity index (χ1) is 11.2. The number of carbonyl (C=O) groups excluding carboxylic acids is 1. The van der Waals surface area contributed by atoms with Crippen LogP contribution in [-0.2, 0) is 0 Å². The van der Waals surface area contributed by atoms with Gasteiger partial charge in [-0.15, -0.1) is 0 Å². The molecule has 1 aliphatic heterocycles. The first-order valence-electron chi connectivity index (χ1n) is 7.32. The lowest BCUT2D eigenvalue weighted by molar-refractivity contribution is -0.722. The Labute approximate surface area is 138 Å². The van der Waals surface area contributed by atoms with E-state index in [4.69, 9.17) is 9.26 Å². The Morgan fingerprint density at radius 1 is 1.48 bits per heavy atom. The monoisotopic (exact) mass is 334 g/mol. The van der Waals surface area contributed by atoms with E-state index in [0.717, 1.165) is 12.2 Å². The molecule has 1 aromatic heterocycles. The highest BCUT2D eigenvalue weighted by molar-refractivity contribution is 8.00. The maximum Gasteiger partial charge on any atom is 0.257 e.